The molecule has 0 aliphatic carbocycles. The molecular weight excluding hydrogens is 206 g/mol. The summed E-state index contributed by atoms with van der Waals surface area (Å²) in [4.78, 5) is 20.6. The van der Waals surface area contributed by atoms with Gasteiger partial charge in [0.05, 0.1) is 6.61 Å². The van der Waals surface area contributed by atoms with E-state index >= 15 is 0 Å². The van der Waals surface area contributed by atoms with Gasteiger partial charge in [-0.05, 0) is 12.0 Å². The van der Waals surface area contributed by atoms with Crippen molar-refractivity contribution in [2.45, 2.75) is 13.0 Å². The number of amides is 1. The highest BCUT2D eigenvalue weighted by atomic mass is 16.3. The van der Waals surface area contributed by atoms with Crippen LogP contribution >= 0.6 is 0 Å². The molecule has 1 aliphatic heterocycles. The van der Waals surface area contributed by atoms with Crippen LogP contribution in [-0.4, -0.2) is 39.5 Å². The van der Waals surface area contributed by atoms with E-state index in [2.05, 4.69) is 9.97 Å². The minimum atomic E-state index is -0.0434. The first-order valence-electron chi connectivity index (χ1n) is 5.14. The van der Waals surface area contributed by atoms with E-state index < -0.39 is 0 Å². The molecule has 1 aliphatic rings. The number of aliphatic hydroxyl groups excluding tert-OH is 1. The van der Waals surface area contributed by atoms with Crippen LogP contribution < -0.4 is 0 Å². The number of carbonyl (C=O) groups is 1. The third-order valence-electron chi connectivity index (χ3n) is 2.56. The van der Waals surface area contributed by atoms with Crippen LogP contribution in [0.25, 0.3) is 5.57 Å². The largest absolute Gasteiger partial charge is 0.392 e. The van der Waals surface area contributed by atoms with Crippen LogP contribution in [0.15, 0.2) is 18.5 Å². The molecule has 0 saturated heterocycles. The summed E-state index contributed by atoms with van der Waals surface area (Å²) in [6.07, 6.45) is 6.83. The third kappa shape index (κ3) is 2.25. The molecule has 1 aromatic heterocycles. The number of nitrogens with zero attached hydrogens (tertiary/aromatic N) is 3. The SMILES string of the molecule is O=CN1CC=C(c2ncc(CO)cn2)CC1. The van der Waals surface area contributed by atoms with Gasteiger partial charge in [-0.15, -0.1) is 0 Å². The van der Waals surface area contributed by atoms with Gasteiger partial charge in [0.2, 0.25) is 6.41 Å². The molecule has 1 N–H and O–H groups in total. The number of hydrogen-bond acceptors (Lipinski definition) is 4. The third-order valence-corrected chi connectivity index (χ3v) is 2.56. The molecule has 1 amide bonds. The van der Waals surface area contributed by atoms with Crippen LogP contribution in [0.4, 0.5) is 0 Å². The van der Waals surface area contributed by atoms with Crippen LogP contribution in [0.1, 0.15) is 17.8 Å². The zero-order valence-corrected chi connectivity index (χ0v) is 8.83. The molecule has 0 radical (unpaired) electrons. The van der Waals surface area contributed by atoms with Gasteiger partial charge in [0.25, 0.3) is 0 Å². The van der Waals surface area contributed by atoms with Crippen molar-refractivity contribution >= 4 is 12.0 Å². The summed E-state index contributed by atoms with van der Waals surface area (Å²) < 4.78 is 0. The van der Waals surface area contributed by atoms with Gasteiger partial charge in [-0.25, -0.2) is 9.97 Å². The summed E-state index contributed by atoms with van der Waals surface area (Å²) in [6, 6.07) is 0. The van der Waals surface area contributed by atoms with Crippen LogP contribution in [0, 0.1) is 0 Å². The predicted octanol–water partition coefficient (Wildman–Crippen LogP) is 0.214. The van der Waals surface area contributed by atoms with Crippen molar-refractivity contribution < 1.29 is 9.90 Å². The second-order valence-corrected chi connectivity index (χ2v) is 3.65. The van der Waals surface area contributed by atoms with Crippen molar-refractivity contribution in [3.05, 3.63) is 29.9 Å². The first kappa shape index (κ1) is 10.8. The maximum atomic E-state index is 10.5. The normalized spacial score (nSPS) is 15.8. The van der Waals surface area contributed by atoms with E-state index in [-0.39, 0.29) is 6.61 Å². The zero-order valence-electron chi connectivity index (χ0n) is 8.83. The van der Waals surface area contributed by atoms with Crippen molar-refractivity contribution in [1.29, 1.82) is 0 Å². The highest BCUT2D eigenvalue weighted by molar-refractivity contribution is 5.62. The van der Waals surface area contributed by atoms with E-state index in [1.54, 1.807) is 17.3 Å². The molecule has 0 atom stereocenters. The lowest BCUT2D eigenvalue weighted by atomic mass is 10.1. The number of hydrogen-bond donors (Lipinski definition) is 1. The Kier molecular flexibility index (Phi) is 3.26. The molecule has 0 unspecified atom stereocenters. The highest BCUT2D eigenvalue weighted by Gasteiger charge is 2.12. The molecule has 5 nitrogen and oxygen atoms in total. The van der Waals surface area contributed by atoms with E-state index in [4.69, 9.17) is 5.11 Å². The monoisotopic (exact) mass is 219 g/mol. The summed E-state index contributed by atoms with van der Waals surface area (Å²) in [7, 11) is 0. The number of rotatable bonds is 3. The summed E-state index contributed by atoms with van der Waals surface area (Å²) in [5.74, 6) is 0.683. The Balaban J connectivity index is 2.12. The van der Waals surface area contributed by atoms with E-state index in [0.29, 0.717) is 24.5 Å². The Morgan fingerprint density at radius 3 is 2.69 bits per heavy atom. The second kappa shape index (κ2) is 4.85. The minimum absolute atomic E-state index is 0.0434. The fourth-order valence-corrected chi connectivity index (χ4v) is 1.59. The molecule has 2 rings (SSSR count). The molecule has 2 heterocycles. The summed E-state index contributed by atoms with van der Waals surface area (Å²) in [5, 5.41) is 8.87. The topological polar surface area (TPSA) is 66.3 Å². The van der Waals surface area contributed by atoms with Crippen molar-refractivity contribution in [2.24, 2.45) is 0 Å². The molecule has 0 spiro atoms. The zero-order chi connectivity index (χ0) is 11.4. The van der Waals surface area contributed by atoms with Crippen molar-refractivity contribution in [3.8, 4) is 0 Å². The molecule has 0 fully saturated rings. The lowest BCUT2D eigenvalue weighted by molar-refractivity contribution is -0.117. The Hall–Kier alpha value is -1.75. The van der Waals surface area contributed by atoms with Crippen LogP contribution in [0.5, 0.6) is 0 Å². The van der Waals surface area contributed by atoms with Gasteiger partial charge >= 0.3 is 0 Å². The number of aliphatic hydroxyl groups is 1. The van der Waals surface area contributed by atoms with Gasteiger partial charge in [-0.2, -0.15) is 0 Å². The Morgan fingerprint density at radius 2 is 2.19 bits per heavy atom. The molecule has 5 heteroatoms. The lowest BCUT2D eigenvalue weighted by Crippen LogP contribution is -2.27. The lowest BCUT2D eigenvalue weighted by Gasteiger charge is -2.21. The van der Waals surface area contributed by atoms with Crippen LogP contribution in [0.2, 0.25) is 0 Å². The first-order chi connectivity index (χ1) is 7.83. The molecule has 16 heavy (non-hydrogen) atoms. The summed E-state index contributed by atoms with van der Waals surface area (Å²) in [6.45, 7) is 1.28. The van der Waals surface area contributed by atoms with Gasteiger partial charge in [-0.3, -0.25) is 4.79 Å². The average Bonchev–Trinajstić information content (AvgIpc) is 2.39. The van der Waals surface area contributed by atoms with Gasteiger partial charge in [0.1, 0.15) is 0 Å². The summed E-state index contributed by atoms with van der Waals surface area (Å²) >= 11 is 0. The smallest absolute Gasteiger partial charge is 0.209 e. The molecular formula is C11H13N3O2. The number of aromatic nitrogens is 2. The van der Waals surface area contributed by atoms with Crippen LogP contribution in [-0.2, 0) is 11.4 Å². The number of carbonyl (C=O) groups excluding carboxylic acids is 1. The molecule has 1 aromatic rings. The standard InChI is InChI=1S/C11H13N3O2/c15-7-9-5-12-11(13-6-9)10-1-3-14(8-16)4-2-10/h1,5-6,8,15H,2-4,7H2. The van der Waals surface area contributed by atoms with E-state index in [1.807, 2.05) is 6.08 Å². The molecule has 0 aromatic carbocycles. The van der Waals surface area contributed by atoms with Gasteiger partial charge < -0.3 is 10.0 Å². The minimum Gasteiger partial charge on any atom is -0.392 e. The Morgan fingerprint density at radius 1 is 1.44 bits per heavy atom. The van der Waals surface area contributed by atoms with Crippen LogP contribution in [0.3, 0.4) is 0 Å². The molecule has 0 bridgehead atoms. The highest BCUT2D eigenvalue weighted by Crippen LogP contribution is 2.18. The van der Waals surface area contributed by atoms with Gasteiger partial charge in [0.15, 0.2) is 5.82 Å². The van der Waals surface area contributed by atoms with E-state index in [0.717, 1.165) is 18.4 Å². The fraction of sp³-hybridized carbons (Fsp3) is 0.364. The van der Waals surface area contributed by atoms with Crippen molar-refractivity contribution in [3.63, 3.8) is 0 Å². The summed E-state index contributed by atoms with van der Waals surface area (Å²) in [5.41, 5.74) is 1.76. The van der Waals surface area contributed by atoms with Gasteiger partial charge in [-0.1, -0.05) is 6.08 Å². The predicted molar refractivity (Wildman–Crippen MR) is 58.2 cm³/mol. The molecule has 0 saturated carbocycles. The Bertz CT molecular complexity index is 400. The maximum absolute atomic E-state index is 10.5. The first-order valence-corrected chi connectivity index (χ1v) is 5.14. The maximum Gasteiger partial charge on any atom is 0.209 e. The van der Waals surface area contributed by atoms with E-state index in [1.165, 1.54) is 0 Å². The van der Waals surface area contributed by atoms with Gasteiger partial charge in [0, 0.05) is 31.0 Å². The Labute approximate surface area is 93.4 Å². The molecule has 84 valence electrons. The fourth-order valence-electron chi connectivity index (χ4n) is 1.59. The van der Waals surface area contributed by atoms with E-state index in [9.17, 15) is 4.79 Å². The second-order valence-electron chi connectivity index (χ2n) is 3.65. The average molecular weight is 219 g/mol. The van der Waals surface area contributed by atoms with Crippen molar-refractivity contribution in [1.82, 2.24) is 14.9 Å². The quantitative estimate of drug-likeness (QED) is 0.738. The van der Waals surface area contributed by atoms with Crippen molar-refractivity contribution in [2.75, 3.05) is 13.1 Å².